The SMILES string of the molecule is Nc1ccc(CC2CC[CH]CC2)cc1. The molecule has 0 atom stereocenters. The van der Waals surface area contributed by atoms with Crippen LogP contribution in [0.3, 0.4) is 0 Å². The van der Waals surface area contributed by atoms with Crippen molar-refractivity contribution in [3.8, 4) is 0 Å². The van der Waals surface area contributed by atoms with E-state index in [4.69, 9.17) is 5.73 Å². The average molecular weight is 188 g/mol. The van der Waals surface area contributed by atoms with E-state index in [1.807, 2.05) is 12.1 Å². The van der Waals surface area contributed by atoms with Crippen molar-refractivity contribution in [3.63, 3.8) is 0 Å². The van der Waals surface area contributed by atoms with Gasteiger partial charge in [-0.25, -0.2) is 0 Å². The summed E-state index contributed by atoms with van der Waals surface area (Å²) in [6.07, 6.45) is 8.99. The first-order valence-corrected chi connectivity index (χ1v) is 5.50. The van der Waals surface area contributed by atoms with E-state index in [0.717, 1.165) is 11.6 Å². The quantitative estimate of drug-likeness (QED) is 0.709. The molecule has 0 unspecified atom stereocenters. The second-order valence-electron chi connectivity index (χ2n) is 4.26. The van der Waals surface area contributed by atoms with Crippen molar-refractivity contribution < 1.29 is 0 Å². The van der Waals surface area contributed by atoms with Crippen LogP contribution in [0.2, 0.25) is 0 Å². The summed E-state index contributed by atoms with van der Waals surface area (Å²) in [6, 6.07) is 8.33. The van der Waals surface area contributed by atoms with Crippen LogP contribution in [0, 0.1) is 12.3 Å². The molecule has 1 aromatic carbocycles. The number of nitrogen functional groups attached to an aromatic ring is 1. The highest BCUT2D eigenvalue weighted by Crippen LogP contribution is 2.26. The van der Waals surface area contributed by atoms with Crippen LogP contribution in [-0.4, -0.2) is 0 Å². The normalized spacial score (nSPS) is 18.3. The topological polar surface area (TPSA) is 26.0 Å². The zero-order valence-corrected chi connectivity index (χ0v) is 8.58. The minimum absolute atomic E-state index is 0.866. The van der Waals surface area contributed by atoms with Gasteiger partial charge >= 0.3 is 0 Å². The molecule has 1 heteroatoms. The molecule has 0 heterocycles. The third-order valence-electron chi connectivity index (χ3n) is 3.06. The van der Waals surface area contributed by atoms with Crippen molar-refractivity contribution in [2.75, 3.05) is 5.73 Å². The molecule has 0 aromatic heterocycles. The number of anilines is 1. The highest BCUT2D eigenvalue weighted by atomic mass is 14.5. The van der Waals surface area contributed by atoms with Gasteiger partial charge in [0.2, 0.25) is 0 Å². The van der Waals surface area contributed by atoms with Crippen molar-refractivity contribution in [2.45, 2.75) is 32.1 Å². The van der Waals surface area contributed by atoms with Crippen molar-refractivity contribution in [1.29, 1.82) is 0 Å². The fourth-order valence-corrected chi connectivity index (χ4v) is 2.19. The van der Waals surface area contributed by atoms with Gasteiger partial charge in [-0.1, -0.05) is 12.1 Å². The molecule has 1 nitrogen and oxygen atoms in total. The Morgan fingerprint density at radius 1 is 1.07 bits per heavy atom. The maximum Gasteiger partial charge on any atom is 0.0314 e. The van der Waals surface area contributed by atoms with Gasteiger partial charge in [-0.2, -0.15) is 0 Å². The van der Waals surface area contributed by atoms with Crippen molar-refractivity contribution >= 4 is 5.69 Å². The largest absolute Gasteiger partial charge is 0.399 e. The smallest absolute Gasteiger partial charge is 0.0314 e. The Hall–Kier alpha value is -0.980. The molecule has 1 saturated carbocycles. The Bertz CT molecular complexity index is 270. The van der Waals surface area contributed by atoms with Gasteiger partial charge < -0.3 is 5.73 Å². The molecule has 0 amide bonds. The standard InChI is InChI=1S/C13H18N/c14-13-8-6-12(7-9-13)10-11-4-2-1-3-5-11/h1,6-9,11H,2-5,10,14H2. The van der Waals surface area contributed by atoms with E-state index in [2.05, 4.69) is 18.6 Å². The van der Waals surface area contributed by atoms with Gasteiger partial charge in [0.05, 0.1) is 0 Å². The lowest BCUT2D eigenvalue weighted by Gasteiger charge is -2.21. The fraction of sp³-hybridized carbons (Fsp3) is 0.462. The van der Waals surface area contributed by atoms with E-state index >= 15 is 0 Å². The van der Waals surface area contributed by atoms with E-state index in [1.54, 1.807) is 0 Å². The van der Waals surface area contributed by atoms with E-state index in [9.17, 15) is 0 Å². The number of benzene rings is 1. The molecule has 0 saturated heterocycles. The lowest BCUT2D eigenvalue weighted by Crippen LogP contribution is -2.09. The van der Waals surface area contributed by atoms with Crippen LogP contribution in [0.25, 0.3) is 0 Å². The molecule has 0 bridgehead atoms. The Morgan fingerprint density at radius 2 is 1.71 bits per heavy atom. The molecule has 1 aliphatic rings. The molecule has 75 valence electrons. The molecule has 1 aliphatic carbocycles. The summed E-state index contributed by atoms with van der Waals surface area (Å²) in [4.78, 5) is 0. The fourth-order valence-electron chi connectivity index (χ4n) is 2.19. The maximum absolute atomic E-state index is 5.65. The van der Waals surface area contributed by atoms with Crippen LogP contribution in [0.5, 0.6) is 0 Å². The van der Waals surface area contributed by atoms with Gasteiger partial charge in [-0.15, -0.1) is 0 Å². The van der Waals surface area contributed by atoms with Crippen molar-refractivity contribution in [1.82, 2.24) is 0 Å². The zero-order chi connectivity index (χ0) is 9.80. The number of hydrogen-bond acceptors (Lipinski definition) is 1. The maximum atomic E-state index is 5.65. The Labute approximate surface area is 86.3 Å². The van der Waals surface area contributed by atoms with Crippen LogP contribution in [0.4, 0.5) is 5.69 Å². The first-order valence-electron chi connectivity index (χ1n) is 5.50. The number of nitrogens with two attached hydrogens (primary N) is 1. The third kappa shape index (κ3) is 2.50. The van der Waals surface area contributed by atoms with E-state index in [-0.39, 0.29) is 0 Å². The molecule has 0 aliphatic heterocycles. The predicted molar refractivity (Wildman–Crippen MR) is 60.8 cm³/mol. The van der Waals surface area contributed by atoms with Gasteiger partial charge in [-0.3, -0.25) is 0 Å². The summed E-state index contributed by atoms with van der Waals surface area (Å²) in [5, 5.41) is 0. The lowest BCUT2D eigenvalue weighted by atomic mass is 9.85. The summed E-state index contributed by atoms with van der Waals surface area (Å²) in [7, 11) is 0. The third-order valence-corrected chi connectivity index (χ3v) is 3.06. The van der Waals surface area contributed by atoms with Gasteiger partial charge in [0.1, 0.15) is 0 Å². The summed E-state index contributed by atoms with van der Waals surface area (Å²) in [5.74, 6) is 0.892. The summed E-state index contributed by atoms with van der Waals surface area (Å²) < 4.78 is 0. The summed E-state index contributed by atoms with van der Waals surface area (Å²) in [6.45, 7) is 0. The Balaban J connectivity index is 1.92. The molecule has 2 rings (SSSR count). The van der Waals surface area contributed by atoms with Crippen LogP contribution in [0.1, 0.15) is 31.2 Å². The molecular weight excluding hydrogens is 170 g/mol. The van der Waals surface area contributed by atoms with E-state index in [1.165, 1.54) is 37.7 Å². The Kier molecular flexibility index (Phi) is 3.07. The molecule has 14 heavy (non-hydrogen) atoms. The van der Waals surface area contributed by atoms with Crippen LogP contribution >= 0.6 is 0 Å². The molecule has 2 N–H and O–H groups in total. The van der Waals surface area contributed by atoms with Crippen molar-refractivity contribution in [3.05, 3.63) is 36.2 Å². The summed E-state index contributed by atoms with van der Waals surface area (Å²) in [5.41, 5.74) is 7.96. The van der Waals surface area contributed by atoms with Gasteiger partial charge in [0.25, 0.3) is 0 Å². The number of rotatable bonds is 2. The van der Waals surface area contributed by atoms with Gasteiger partial charge in [-0.05, 0) is 62.1 Å². The molecule has 1 fully saturated rings. The van der Waals surface area contributed by atoms with Gasteiger partial charge in [0, 0.05) is 5.69 Å². The average Bonchev–Trinajstić information content (AvgIpc) is 2.23. The molecule has 1 aromatic rings. The molecule has 0 spiro atoms. The minimum Gasteiger partial charge on any atom is -0.399 e. The lowest BCUT2D eigenvalue weighted by molar-refractivity contribution is 0.403. The highest BCUT2D eigenvalue weighted by Gasteiger charge is 2.13. The van der Waals surface area contributed by atoms with E-state index in [0.29, 0.717) is 0 Å². The zero-order valence-electron chi connectivity index (χ0n) is 8.58. The van der Waals surface area contributed by atoms with Gasteiger partial charge in [0.15, 0.2) is 0 Å². The second-order valence-corrected chi connectivity index (χ2v) is 4.26. The van der Waals surface area contributed by atoms with Crippen molar-refractivity contribution in [2.24, 2.45) is 5.92 Å². The summed E-state index contributed by atoms with van der Waals surface area (Å²) >= 11 is 0. The first-order chi connectivity index (χ1) is 6.84. The van der Waals surface area contributed by atoms with E-state index < -0.39 is 0 Å². The molecule has 1 radical (unpaired) electrons. The minimum atomic E-state index is 0.866. The van der Waals surface area contributed by atoms with Crippen LogP contribution in [0.15, 0.2) is 24.3 Å². The molecular formula is C13H18N. The Morgan fingerprint density at radius 3 is 2.36 bits per heavy atom. The highest BCUT2D eigenvalue weighted by molar-refractivity contribution is 5.39. The first kappa shape index (κ1) is 9.57. The predicted octanol–water partition coefficient (Wildman–Crippen LogP) is 3.21. The monoisotopic (exact) mass is 188 g/mol. The number of hydrogen-bond donors (Lipinski definition) is 1. The van der Waals surface area contributed by atoms with Crippen LogP contribution < -0.4 is 5.73 Å². The van der Waals surface area contributed by atoms with Crippen LogP contribution in [-0.2, 0) is 6.42 Å². The second kappa shape index (κ2) is 4.50.